The topological polar surface area (TPSA) is 20.2 Å². The number of halogens is 1. The summed E-state index contributed by atoms with van der Waals surface area (Å²) in [5.74, 6) is 0.349. The van der Waals surface area contributed by atoms with Crippen molar-refractivity contribution >= 4 is 38.6 Å². The molecule has 0 spiro atoms. The first-order chi connectivity index (χ1) is 6.16. The van der Waals surface area contributed by atoms with E-state index in [0.29, 0.717) is 5.75 Å². The van der Waals surface area contributed by atoms with Crippen molar-refractivity contribution in [1.82, 2.24) is 0 Å². The van der Waals surface area contributed by atoms with Gasteiger partial charge in [-0.15, -0.1) is 22.7 Å². The maximum atomic E-state index is 9.19. The van der Waals surface area contributed by atoms with Crippen LogP contribution in [0.4, 0.5) is 0 Å². The third-order valence-corrected chi connectivity index (χ3v) is 4.94. The zero-order chi connectivity index (χ0) is 9.42. The van der Waals surface area contributed by atoms with Gasteiger partial charge in [0.1, 0.15) is 5.75 Å². The third-order valence-electron chi connectivity index (χ3n) is 1.69. The maximum absolute atomic E-state index is 9.19. The van der Waals surface area contributed by atoms with E-state index in [-0.39, 0.29) is 0 Å². The first kappa shape index (κ1) is 9.24. The molecular formula is C9H7BrOS2. The molecule has 0 aliphatic rings. The zero-order valence-electron chi connectivity index (χ0n) is 6.87. The summed E-state index contributed by atoms with van der Waals surface area (Å²) in [6.45, 7) is 2.08. The molecule has 2 rings (SSSR count). The fraction of sp³-hybridized carbons (Fsp3) is 0.111. The van der Waals surface area contributed by atoms with Crippen LogP contribution >= 0.6 is 38.6 Å². The second-order valence-electron chi connectivity index (χ2n) is 2.68. The number of aryl methyl sites for hydroxylation is 1. The van der Waals surface area contributed by atoms with Crippen LogP contribution in [0.2, 0.25) is 0 Å². The van der Waals surface area contributed by atoms with E-state index >= 15 is 0 Å². The molecule has 4 heteroatoms. The Kier molecular flexibility index (Phi) is 2.45. The summed E-state index contributed by atoms with van der Waals surface area (Å²) in [6, 6.07) is 3.88. The van der Waals surface area contributed by atoms with Crippen LogP contribution in [-0.2, 0) is 0 Å². The molecular weight excluding hydrogens is 268 g/mol. The first-order valence-corrected chi connectivity index (χ1v) is 6.19. The summed E-state index contributed by atoms with van der Waals surface area (Å²) >= 11 is 6.77. The van der Waals surface area contributed by atoms with Gasteiger partial charge in [-0.2, -0.15) is 0 Å². The minimum atomic E-state index is 0.349. The Morgan fingerprint density at radius 1 is 1.31 bits per heavy atom. The van der Waals surface area contributed by atoms with Crippen molar-refractivity contribution < 1.29 is 5.11 Å². The van der Waals surface area contributed by atoms with Crippen molar-refractivity contribution in [1.29, 1.82) is 0 Å². The predicted molar refractivity (Wildman–Crippen MR) is 61.7 cm³/mol. The van der Waals surface area contributed by atoms with Crippen LogP contribution in [0.3, 0.4) is 0 Å². The summed E-state index contributed by atoms with van der Waals surface area (Å²) in [5.41, 5.74) is 0. The lowest BCUT2D eigenvalue weighted by molar-refractivity contribution is 0.478. The van der Waals surface area contributed by atoms with E-state index in [9.17, 15) is 5.11 Å². The molecule has 0 bridgehead atoms. The lowest BCUT2D eigenvalue weighted by Gasteiger charge is -1.86. The molecule has 2 aromatic heterocycles. The molecule has 0 unspecified atom stereocenters. The number of rotatable bonds is 1. The van der Waals surface area contributed by atoms with Crippen LogP contribution in [0.25, 0.3) is 9.75 Å². The summed E-state index contributed by atoms with van der Waals surface area (Å²) in [4.78, 5) is 3.59. The minimum Gasteiger partial charge on any atom is -0.507 e. The van der Waals surface area contributed by atoms with Crippen molar-refractivity contribution in [2.24, 2.45) is 0 Å². The lowest BCUT2D eigenvalue weighted by atomic mass is 10.4. The second-order valence-corrected chi connectivity index (χ2v) is 5.71. The van der Waals surface area contributed by atoms with E-state index in [4.69, 9.17) is 0 Å². The van der Waals surface area contributed by atoms with E-state index in [1.165, 1.54) is 9.75 Å². The third kappa shape index (κ3) is 1.80. The number of thiophene rings is 2. The Balaban J connectivity index is 2.46. The predicted octanol–water partition coefficient (Wildman–Crippen LogP) is 4.25. The van der Waals surface area contributed by atoms with Crippen LogP contribution in [0.15, 0.2) is 22.0 Å². The molecule has 0 atom stereocenters. The van der Waals surface area contributed by atoms with E-state index in [0.717, 1.165) is 9.35 Å². The highest BCUT2D eigenvalue weighted by Gasteiger charge is 2.07. The summed E-state index contributed by atoms with van der Waals surface area (Å²) in [6.07, 6.45) is 0. The molecule has 0 amide bonds. The van der Waals surface area contributed by atoms with Gasteiger partial charge in [0.2, 0.25) is 0 Å². The Hall–Kier alpha value is -0.320. The van der Waals surface area contributed by atoms with Gasteiger partial charge in [0.15, 0.2) is 0 Å². The molecule has 0 saturated heterocycles. The molecule has 68 valence electrons. The van der Waals surface area contributed by atoms with Gasteiger partial charge in [0.25, 0.3) is 0 Å². The van der Waals surface area contributed by atoms with E-state index in [2.05, 4.69) is 28.9 Å². The van der Waals surface area contributed by atoms with E-state index in [1.807, 2.05) is 0 Å². The molecule has 0 fully saturated rings. The van der Waals surface area contributed by atoms with Crippen LogP contribution in [0.5, 0.6) is 5.75 Å². The molecule has 2 heterocycles. The van der Waals surface area contributed by atoms with Gasteiger partial charge in [-0.05, 0) is 35.0 Å². The highest BCUT2D eigenvalue weighted by molar-refractivity contribution is 9.10. The molecule has 0 aliphatic carbocycles. The lowest BCUT2D eigenvalue weighted by Crippen LogP contribution is -1.57. The molecule has 1 N–H and O–H groups in total. The number of hydrogen-bond donors (Lipinski definition) is 1. The SMILES string of the molecule is Cc1sc(-c2cc(O)cs2)cc1Br. The molecule has 0 radical (unpaired) electrons. The normalized spacial score (nSPS) is 10.6. The Labute approximate surface area is 92.8 Å². The van der Waals surface area contributed by atoms with Crippen LogP contribution in [-0.4, -0.2) is 5.11 Å². The summed E-state index contributed by atoms with van der Waals surface area (Å²) in [5, 5.41) is 10.9. The van der Waals surface area contributed by atoms with Crippen molar-refractivity contribution in [2.75, 3.05) is 0 Å². The fourth-order valence-electron chi connectivity index (χ4n) is 1.04. The van der Waals surface area contributed by atoms with Gasteiger partial charge in [-0.3, -0.25) is 0 Å². The Bertz CT molecular complexity index is 411. The highest BCUT2D eigenvalue weighted by atomic mass is 79.9. The van der Waals surface area contributed by atoms with Crippen molar-refractivity contribution in [3.05, 3.63) is 26.9 Å². The zero-order valence-corrected chi connectivity index (χ0v) is 10.1. The van der Waals surface area contributed by atoms with Gasteiger partial charge in [-0.1, -0.05) is 0 Å². The Morgan fingerprint density at radius 3 is 2.54 bits per heavy atom. The van der Waals surface area contributed by atoms with Crippen LogP contribution in [0.1, 0.15) is 4.88 Å². The van der Waals surface area contributed by atoms with Crippen molar-refractivity contribution in [3.8, 4) is 15.5 Å². The first-order valence-electron chi connectivity index (χ1n) is 3.70. The van der Waals surface area contributed by atoms with Gasteiger partial charge >= 0.3 is 0 Å². The average molecular weight is 275 g/mol. The molecule has 2 aromatic rings. The van der Waals surface area contributed by atoms with Gasteiger partial charge in [0.05, 0.1) is 0 Å². The van der Waals surface area contributed by atoms with Gasteiger partial charge < -0.3 is 5.11 Å². The number of hydrogen-bond acceptors (Lipinski definition) is 3. The van der Waals surface area contributed by atoms with E-state index < -0.39 is 0 Å². The van der Waals surface area contributed by atoms with Crippen LogP contribution in [0, 0.1) is 6.92 Å². The standard InChI is InChI=1S/C9H7BrOS2/c1-5-7(10)3-9(13-5)8-2-6(11)4-12-8/h2-4,11H,1H3. The Morgan fingerprint density at radius 2 is 2.08 bits per heavy atom. The molecule has 0 aromatic carbocycles. The maximum Gasteiger partial charge on any atom is 0.126 e. The summed E-state index contributed by atoms with van der Waals surface area (Å²) in [7, 11) is 0. The summed E-state index contributed by atoms with van der Waals surface area (Å²) < 4.78 is 1.14. The second kappa shape index (κ2) is 3.44. The van der Waals surface area contributed by atoms with Crippen LogP contribution < -0.4 is 0 Å². The molecule has 0 saturated carbocycles. The highest BCUT2D eigenvalue weighted by Crippen LogP contribution is 2.38. The van der Waals surface area contributed by atoms with Crippen molar-refractivity contribution in [2.45, 2.75) is 6.92 Å². The van der Waals surface area contributed by atoms with Gasteiger partial charge in [-0.25, -0.2) is 0 Å². The van der Waals surface area contributed by atoms with E-state index in [1.54, 1.807) is 34.1 Å². The van der Waals surface area contributed by atoms with Crippen molar-refractivity contribution in [3.63, 3.8) is 0 Å². The number of aromatic hydroxyl groups is 1. The fourth-order valence-corrected chi connectivity index (χ4v) is 3.43. The van der Waals surface area contributed by atoms with Gasteiger partial charge in [0, 0.05) is 24.5 Å². The monoisotopic (exact) mass is 274 g/mol. The molecule has 1 nitrogen and oxygen atoms in total. The quantitative estimate of drug-likeness (QED) is 0.824. The average Bonchev–Trinajstić information content (AvgIpc) is 2.61. The molecule has 0 aliphatic heterocycles. The minimum absolute atomic E-state index is 0.349. The smallest absolute Gasteiger partial charge is 0.126 e. The molecule has 13 heavy (non-hydrogen) atoms. The largest absolute Gasteiger partial charge is 0.507 e.